The lowest BCUT2D eigenvalue weighted by molar-refractivity contribution is 0.354. The Labute approximate surface area is 110 Å². The number of aromatic hydroxyl groups is 1. The second-order valence-electron chi connectivity index (χ2n) is 3.61. The first-order valence-corrected chi connectivity index (χ1v) is 6.23. The summed E-state index contributed by atoms with van der Waals surface area (Å²) in [7, 11) is 3.23. The normalized spacial score (nSPS) is 10.1. The van der Waals surface area contributed by atoms with Crippen LogP contribution in [0.3, 0.4) is 0 Å². The molecule has 2 aromatic rings. The molecule has 0 aromatic heterocycles. The van der Waals surface area contributed by atoms with E-state index in [1.165, 1.54) is 0 Å². The number of hydrogen-bond acceptors (Lipinski definition) is 4. The number of phenolic OH excluding ortho intramolecular Hbond substituents is 1. The molecule has 94 valence electrons. The first kappa shape index (κ1) is 12.6. The Morgan fingerprint density at radius 2 is 1.44 bits per heavy atom. The van der Waals surface area contributed by atoms with Crippen LogP contribution in [0.25, 0.3) is 0 Å². The second kappa shape index (κ2) is 5.69. The molecule has 18 heavy (non-hydrogen) atoms. The fraction of sp³-hybridized carbons (Fsp3) is 0.143. The van der Waals surface area contributed by atoms with Crippen LogP contribution in [-0.4, -0.2) is 19.3 Å². The third-order valence-electron chi connectivity index (χ3n) is 2.43. The van der Waals surface area contributed by atoms with Crippen molar-refractivity contribution in [3.63, 3.8) is 0 Å². The molecule has 2 rings (SSSR count). The molecule has 0 amide bonds. The van der Waals surface area contributed by atoms with Crippen LogP contribution in [0.5, 0.6) is 17.2 Å². The average molecular weight is 262 g/mol. The summed E-state index contributed by atoms with van der Waals surface area (Å²) in [4.78, 5) is 2.11. The van der Waals surface area contributed by atoms with E-state index in [4.69, 9.17) is 9.47 Å². The van der Waals surface area contributed by atoms with Crippen molar-refractivity contribution in [1.29, 1.82) is 0 Å². The number of methoxy groups -OCH3 is 2. The van der Waals surface area contributed by atoms with E-state index >= 15 is 0 Å². The Morgan fingerprint density at radius 1 is 0.833 bits per heavy atom. The van der Waals surface area contributed by atoms with E-state index in [9.17, 15) is 5.11 Å². The molecule has 3 nitrogen and oxygen atoms in total. The Kier molecular flexibility index (Phi) is 3.99. The summed E-state index contributed by atoms with van der Waals surface area (Å²) in [5.74, 6) is 1.69. The van der Waals surface area contributed by atoms with Crippen LogP contribution in [-0.2, 0) is 0 Å². The monoisotopic (exact) mass is 262 g/mol. The quantitative estimate of drug-likeness (QED) is 0.914. The van der Waals surface area contributed by atoms with E-state index in [1.807, 2.05) is 30.3 Å². The molecule has 0 aliphatic heterocycles. The van der Waals surface area contributed by atoms with Crippen LogP contribution < -0.4 is 9.47 Å². The minimum atomic E-state index is 0.270. The van der Waals surface area contributed by atoms with Crippen molar-refractivity contribution in [3.05, 3.63) is 42.5 Å². The molecule has 0 fully saturated rings. The van der Waals surface area contributed by atoms with Crippen molar-refractivity contribution in [2.24, 2.45) is 0 Å². The van der Waals surface area contributed by atoms with E-state index in [-0.39, 0.29) is 5.75 Å². The van der Waals surface area contributed by atoms with Gasteiger partial charge in [0.25, 0.3) is 0 Å². The van der Waals surface area contributed by atoms with Crippen molar-refractivity contribution in [3.8, 4) is 17.2 Å². The van der Waals surface area contributed by atoms with Crippen molar-refractivity contribution < 1.29 is 14.6 Å². The molecule has 0 bridgehead atoms. The molecule has 0 aliphatic carbocycles. The van der Waals surface area contributed by atoms with E-state index in [0.29, 0.717) is 11.5 Å². The molecular formula is C14H14O3S. The standard InChI is InChI=1S/C14H14O3S/c1-16-13-8-7-12(9-14(13)17-2)18-11-5-3-10(15)4-6-11/h3-9,15H,1-2H3. The molecule has 4 heteroatoms. The highest BCUT2D eigenvalue weighted by Gasteiger charge is 2.05. The molecule has 0 aliphatic rings. The Hall–Kier alpha value is -1.81. The van der Waals surface area contributed by atoms with Gasteiger partial charge in [-0.15, -0.1) is 0 Å². The van der Waals surface area contributed by atoms with E-state index in [0.717, 1.165) is 9.79 Å². The minimum Gasteiger partial charge on any atom is -0.508 e. The number of rotatable bonds is 4. The molecular weight excluding hydrogens is 248 g/mol. The summed E-state index contributed by atoms with van der Waals surface area (Å²) in [5, 5.41) is 9.23. The topological polar surface area (TPSA) is 38.7 Å². The molecule has 0 heterocycles. The van der Waals surface area contributed by atoms with Gasteiger partial charge in [0.1, 0.15) is 5.75 Å². The molecule has 0 atom stereocenters. The third kappa shape index (κ3) is 2.90. The first-order chi connectivity index (χ1) is 8.72. The summed E-state index contributed by atoms with van der Waals surface area (Å²) in [6.07, 6.45) is 0. The van der Waals surface area contributed by atoms with Gasteiger partial charge < -0.3 is 14.6 Å². The van der Waals surface area contributed by atoms with Gasteiger partial charge in [-0.05, 0) is 42.5 Å². The molecule has 0 saturated carbocycles. The minimum absolute atomic E-state index is 0.270. The lowest BCUT2D eigenvalue weighted by atomic mass is 10.3. The molecule has 0 saturated heterocycles. The smallest absolute Gasteiger partial charge is 0.161 e. The first-order valence-electron chi connectivity index (χ1n) is 5.42. The SMILES string of the molecule is COc1ccc(Sc2ccc(O)cc2)cc1OC. The fourth-order valence-electron chi connectivity index (χ4n) is 1.53. The lowest BCUT2D eigenvalue weighted by Gasteiger charge is -2.09. The van der Waals surface area contributed by atoms with Crippen LogP contribution in [0.2, 0.25) is 0 Å². The zero-order valence-corrected chi connectivity index (χ0v) is 11.0. The van der Waals surface area contributed by atoms with Crippen molar-refractivity contribution >= 4 is 11.8 Å². The molecule has 0 radical (unpaired) electrons. The third-order valence-corrected chi connectivity index (χ3v) is 3.42. The summed E-state index contributed by atoms with van der Waals surface area (Å²) in [6, 6.07) is 12.9. The number of ether oxygens (including phenoxy) is 2. The van der Waals surface area contributed by atoms with Crippen molar-refractivity contribution in [2.75, 3.05) is 14.2 Å². The van der Waals surface area contributed by atoms with Crippen LogP contribution in [0.4, 0.5) is 0 Å². The lowest BCUT2D eigenvalue weighted by Crippen LogP contribution is -1.90. The average Bonchev–Trinajstić information content (AvgIpc) is 2.41. The number of phenols is 1. The summed E-state index contributed by atoms with van der Waals surface area (Å²) < 4.78 is 10.4. The summed E-state index contributed by atoms with van der Waals surface area (Å²) >= 11 is 1.60. The van der Waals surface area contributed by atoms with E-state index in [2.05, 4.69) is 0 Å². The van der Waals surface area contributed by atoms with Gasteiger partial charge in [0.05, 0.1) is 14.2 Å². The van der Waals surface area contributed by atoms with Gasteiger partial charge >= 0.3 is 0 Å². The van der Waals surface area contributed by atoms with Gasteiger partial charge in [0.15, 0.2) is 11.5 Å². The van der Waals surface area contributed by atoms with Gasteiger partial charge in [-0.3, -0.25) is 0 Å². The molecule has 1 N–H and O–H groups in total. The molecule has 0 unspecified atom stereocenters. The summed E-state index contributed by atoms with van der Waals surface area (Å²) in [5.41, 5.74) is 0. The zero-order chi connectivity index (χ0) is 13.0. The van der Waals surface area contributed by atoms with Gasteiger partial charge in [0, 0.05) is 9.79 Å². The van der Waals surface area contributed by atoms with Crippen LogP contribution in [0.1, 0.15) is 0 Å². The van der Waals surface area contributed by atoms with Gasteiger partial charge in [-0.2, -0.15) is 0 Å². The molecule has 0 spiro atoms. The van der Waals surface area contributed by atoms with Crippen LogP contribution in [0.15, 0.2) is 52.3 Å². The van der Waals surface area contributed by atoms with E-state index < -0.39 is 0 Å². The van der Waals surface area contributed by atoms with E-state index in [1.54, 1.807) is 38.1 Å². The highest BCUT2D eigenvalue weighted by Crippen LogP contribution is 2.35. The predicted molar refractivity (Wildman–Crippen MR) is 71.8 cm³/mol. The van der Waals surface area contributed by atoms with Crippen LogP contribution in [0, 0.1) is 0 Å². The maximum Gasteiger partial charge on any atom is 0.161 e. The Morgan fingerprint density at radius 3 is 2.06 bits per heavy atom. The number of hydrogen-bond donors (Lipinski definition) is 1. The van der Waals surface area contributed by atoms with Gasteiger partial charge in [0.2, 0.25) is 0 Å². The largest absolute Gasteiger partial charge is 0.508 e. The molecule has 2 aromatic carbocycles. The van der Waals surface area contributed by atoms with Crippen LogP contribution >= 0.6 is 11.8 Å². The van der Waals surface area contributed by atoms with Gasteiger partial charge in [-0.1, -0.05) is 11.8 Å². The highest BCUT2D eigenvalue weighted by molar-refractivity contribution is 7.99. The zero-order valence-electron chi connectivity index (χ0n) is 10.2. The summed E-state index contributed by atoms with van der Waals surface area (Å²) in [6.45, 7) is 0. The second-order valence-corrected chi connectivity index (χ2v) is 4.76. The Balaban J connectivity index is 2.21. The number of benzene rings is 2. The van der Waals surface area contributed by atoms with Crippen molar-refractivity contribution in [2.45, 2.75) is 9.79 Å². The van der Waals surface area contributed by atoms with Crippen molar-refractivity contribution in [1.82, 2.24) is 0 Å². The maximum atomic E-state index is 9.23. The highest BCUT2D eigenvalue weighted by atomic mass is 32.2. The van der Waals surface area contributed by atoms with Gasteiger partial charge in [-0.25, -0.2) is 0 Å². The maximum absolute atomic E-state index is 9.23. The Bertz CT molecular complexity index is 523. The predicted octanol–water partition coefficient (Wildman–Crippen LogP) is 3.56. The fourth-order valence-corrected chi connectivity index (χ4v) is 2.38.